The van der Waals surface area contributed by atoms with Crippen molar-refractivity contribution in [1.29, 1.82) is 0 Å². The normalized spacial score (nSPS) is 11.8. The lowest BCUT2D eigenvalue weighted by Gasteiger charge is -2.19. The van der Waals surface area contributed by atoms with Crippen molar-refractivity contribution in [3.8, 4) is 5.75 Å². The lowest BCUT2D eigenvalue weighted by atomic mass is 10.2. The van der Waals surface area contributed by atoms with E-state index in [0.29, 0.717) is 10.8 Å². The molecule has 0 aliphatic carbocycles. The summed E-state index contributed by atoms with van der Waals surface area (Å²) in [6.45, 7) is 1.95. The molecule has 1 aromatic carbocycles. The zero-order valence-corrected chi connectivity index (χ0v) is 12.3. The van der Waals surface area contributed by atoms with E-state index >= 15 is 0 Å². The Morgan fingerprint density at radius 2 is 2.05 bits per heavy atom. The maximum absolute atomic E-state index is 11.8. The summed E-state index contributed by atoms with van der Waals surface area (Å²) >= 11 is 5.92. The van der Waals surface area contributed by atoms with Crippen LogP contribution in [0.15, 0.2) is 24.3 Å². The molecule has 20 heavy (non-hydrogen) atoms. The van der Waals surface area contributed by atoms with Gasteiger partial charge in [-0.1, -0.05) is 30.7 Å². The Balaban J connectivity index is 2.36. The molecule has 1 rings (SSSR count). The highest BCUT2D eigenvalue weighted by Crippen LogP contribution is 2.23. The molecule has 0 aliphatic rings. The predicted octanol–water partition coefficient (Wildman–Crippen LogP) is 2.29. The first-order chi connectivity index (χ1) is 9.41. The van der Waals surface area contributed by atoms with Gasteiger partial charge in [-0.05, 0) is 12.1 Å². The van der Waals surface area contributed by atoms with Crippen molar-refractivity contribution in [3.05, 3.63) is 29.3 Å². The Labute approximate surface area is 123 Å². The van der Waals surface area contributed by atoms with E-state index in [0.717, 1.165) is 0 Å². The predicted molar refractivity (Wildman–Crippen MR) is 76.0 cm³/mol. The van der Waals surface area contributed by atoms with Crippen LogP contribution in [0.4, 0.5) is 0 Å². The van der Waals surface area contributed by atoms with Gasteiger partial charge in [-0.25, -0.2) is 0 Å². The Bertz CT molecular complexity index is 478. The van der Waals surface area contributed by atoms with Gasteiger partial charge in [-0.15, -0.1) is 0 Å². The first-order valence-electron chi connectivity index (χ1n) is 6.26. The van der Waals surface area contributed by atoms with E-state index < -0.39 is 11.9 Å². The van der Waals surface area contributed by atoms with Gasteiger partial charge in [0.15, 0.2) is 0 Å². The minimum absolute atomic E-state index is 0.162. The van der Waals surface area contributed by atoms with Gasteiger partial charge in [-0.3, -0.25) is 9.59 Å². The summed E-state index contributed by atoms with van der Waals surface area (Å²) in [7, 11) is 1.58. The summed E-state index contributed by atoms with van der Waals surface area (Å²) in [6, 6.07) is 7.02. The summed E-state index contributed by atoms with van der Waals surface area (Å²) in [5, 5.41) is 9.28. The first-order valence-corrected chi connectivity index (χ1v) is 6.63. The number of rotatable bonds is 7. The van der Waals surface area contributed by atoms with Crippen molar-refractivity contribution >= 4 is 23.5 Å². The van der Waals surface area contributed by atoms with Crippen LogP contribution in [0.25, 0.3) is 0 Å². The number of aliphatic carboxylic acids is 1. The number of benzene rings is 1. The third kappa shape index (κ3) is 5.09. The molecule has 1 aromatic rings. The Hall–Kier alpha value is -1.75. The molecule has 0 aromatic heterocycles. The van der Waals surface area contributed by atoms with E-state index in [1.165, 1.54) is 4.90 Å². The number of carbonyl (C=O) groups excluding carboxylic acids is 1. The van der Waals surface area contributed by atoms with E-state index in [-0.39, 0.29) is 25.5 Å². The van der Waals surface area contributed by atoms with Crippen LogP contribution in [-0.4, -0.2) is 42.1 Å². The molecule has 0 bridgehead atoms. The molecule has 0 saturated heterocycles. The van der Waals surface area contributed by atoms with Gasteiger partial charge in [0.05, 0.1) is 24.0 Å². The van der Waals surface area contributed by atoms with Crippen LogP contribution in [-0.2, 0) is 9.59 Å². The van der Waals surface area contributed by atoms with Crippen molar-refractivity contribution in [1.82, 2.24) is 4.90 Å². The number of carboxylic acid groups (broad SMARTS) is 1. The topological polar surface area (TPSA) is 66.8 Å². The highest BCUT2D eigenvalue weighted by atomic mass is 35.5. The molecular weight excluding hydrogens is 282 g/mol. The minimum Gasteiger partial charge on any atom is -0.491 e. The molecule has 0 heterocycles. The Kier molecular flexibility index (Phi) is 6.31. The minimum atomic E-state index is -0.919. The van der Waals surface area contributed by atoms with Gasteiger partial charge in [-0.2, -0.15) is 0 Å². The van der Waals surface area contributed by atoms with E-state index in [2.05, 4.69) is 0 Å². The number of nitrogens with zero attached hydrogens (tertiary/aromatic N) is 1. The van der Waals surface area contributed by atoms with Crippen LogP contribution in [0.3, 0.4) is 0 Å². The average molecular weight is 300 g/mol. The standard InChI is InChI=1S/C14H18ClNO4/c1-10(14(18)19)9-16(2)13(17)7-8-20-12-6-4-3-5-11(12)15/h3-6,10H,7-9H2,1-2H3,(H,18,19). The van der Waals surface area contributed by atoms with Crippen LogP contribution >= 0.6 is 11.6 Å². The zero-order valence-electron chi connectivity index (χ0n) is 11.5. The number of halogens is 1. The van der Waals surface area contributed by atoms with Crippen molar-refractivity contribution in [3.63, 3.8) is 0 Å². The molecule has 1 unspecified atom stereocenters. The number of carbonyl (C=O) groups is 2. The Morgan fingerprint density at radius 3 is 2.65 bits per heavy atom. The van der Waals surface area contributed by atoms with Crippen molar-refractivity contribution < 1.29 is 19.4 Å². The fourth-order valence-corrected chi connectivity index (χ4v) is 1.78. The highest BCUT2D eigenvalue weighted by molar-refractivity contribution is 6.32. The second-order valence-electron chi connectivity index (χ2n) is 4.54. The molecule has 5 nitrogen and oxygen atoms in total. The van der Waals surface area contributed by atoms with Crippen molar-refractivity contribution in [2.75, 3.05) is 20.2 Å². The number of ether oxygens (including phenoxy) is 1. The molecule has 1 atom stereocenters. The SMILES string of the molecule is CC(CN(C)C(=O)CCOc1ccccc1Cl)C(=O)O. The summed E-state index contributed by atoms with van der Waals surface area (Å²) in [5.41, 5.74) is 0. The quantitative estimate of drug-likeness (QED) is 0.839. The lowest BCUT2D eigenvalue weighted by Crippen LogP contribution is -2.34. The van der Waals surface area contributed by atoms with Gasteiger partial charge in [0.25, 0.3) is 0 Å². The molecule has 0 radical (unpaired) electrons. The number of carboxylic acids is 1. The summed E-state index contributed by atoms with van der Waals surface area (Å²) < 4.78 is 5.41. The third-order valence-corrected chi connectivity index (χ3v) is 3.12. The summed E-state index contributed by atoms with van der Waals surface area (Å²) in [5.74, 6) is -1.14. The van der Waals surface area contributed by atoms with Crippen LogP contribution in [0.5, 0.6) is 5.75 Å². The van der Waals surface area contributed by atoms with Crippen LogP contribution in [0.2, 0.25) is 5.02 Å². The molecule has 6 heteroatoms. The largest absolute Gasteiger partial charge is 0.491 e. The molecule has 0 aliphatic heterocycles. The molecular formula is C14H18ClNO4. The van der Waals surface area contributed by atoms with Gasteiger partial charge < -0.3 is 14.7 Å². The highest BCUT2D eigenvalue weighted by Gasteiger charge is 2.17. The first kappa shape index (κ1) is 16.3. The Morgan fingerprint density at radius 1 is 1.40 bits per heavy atom. The van der Waals surface area contributed by atoms with Crippen LogP contribution in [0.1, 0.15) is 13.3 Å². The second kappa shape index (κ2) is 7.75. The lowest BCUT2D eigenvalue weighted by molar-refractivity contribution is -0.142. The van der Waals surface area contributed by atoms with Gasteiger partial charge in [0, 0.05) is 13.6 Å². The number of para-hydroxylation sites is 1. The van der Waals surface area contributed by atoms with Gasteiger partial charge >= 0.3 is 5.97 Å². The van der Waals surface area contributed by atoms with Crippen molar-refractivity contribution in [2.24, 2.45) is 5.92 Å². The summed E-state index contributed by atoms with van der Waals surface area (Å²) in [4.78, 5) is 23.9. The molecule has 0 fully saturated rings. The van der Waals surface area contributed by atoms with E-state index in [4.69, 9.17) is 21.4 Å². The molecule has 0 saturated carbocycles. The van der Waals surface area contributed by atoms with E-state index in [1.54, 1.807) is 38.2 Å². The van der Waals surface area contributed by atoms with Crippen LogP contribution in [0, 0.1) is 5.92 Å². The number of hydrogen-bond acceptors (Lipinski definition) is 3. The van der Waals surface area contributed by atoms with Gasteiger partial charge in [0.2, 0.25) is 5.91 Å². The van der Waals surface area contributed by atoms with Gasteiger partial charge in [0.1, 0.15) is 5.75 Å². The maximum Gasteiger partial charge on any atom is 0.308 e. The second-order valence-corrected chi connectivity index (χ2v) is 4.95. The zero-order chi connectivity index (χ0) is 15.1. The number of hydrogen-bond donors (Lipinski definition) is 1. The molecule has 110 valence electrons. The van der Waals surface area contributed by atoms with E-state index in [9.17, 15) is 9.59 Å². The monoisotopic (exact) mass is 299 g/mol. The van der Waals surface area contributed by atoms with Crippen LogP contribution < -0.4 is 4.74 Å². The average Bonchev–Trinajstić information content (AvgIpc) is 2.40. The molecule has 1 N–H and O–H groups in total. The summed E-state index contributed by atoms with van der Waals surface area (Å²) in [6.07, 6.45) is 0.175. The number of amides is 1. The fourth-order valence-electron chi connectivity index (χ4n) is 1.59. The van der Waals surface area contributed by atoms with E-state index in [1.807, 2.05) is 0 Å². The molecule has 0 spiro atoms. The smallest absolute Gasteiger partial charge is 0.308 e. The maximum atomic E-state index is 11.8. The molecule has 1 amide bonds. The fraction of sp³-hybridized carbons (Fsp3) is 0.429. The third-order valence-electron chi connectivity index (χ3n) is 2.81. The van der Waals surface area contributed by atoms with Crippen molar-refractivity contribution in [2.45, 2.75) is 13.3 Å².